The first-order chi connectivity index (χ1) is 9.13. The van der Waals surface area contributed by atoms with Gasteiger partial charge in [0.1, 0.15) is 0 Å². The van der Waals surface area contributed by atoms with E-state index in [1.807, 2.05) is 30.3 Å². The van der Waals surface area contributed by atoms with Gasteiger partial charge in [0.25, 0.3) is 0 Å². The Hall–Kier alpha value is -0.950. The van der Waals surface area contributed by atoms with E-state index in [2.05, 4.69) is 5.32 Å². The third-order valence-corrected chi connectivity index (χ3v) is 5.33. The van der Waals surface area contributed by atoms with Crippen molar-refractivity contribution in [1.29, 1.82) is 0 Å². The molecule has 1 unspecified atom stereocenters. The zero-order chi connectivity index (χ0) is 13.7. The molecular weight excluding hydrogens is 262 g/mol. The Kier molecular flexibility index (Phi) is 4.93. The Morgan fingerprint density at radius 1 is 1.32 bits per heavy atom. The molecule has 1 aromatic rings. The molecule has 0 spiro atoms. The molecule has 2 rings (SSSR count). The summed E-state index contributed by atoms with van der Waals surface area (Å²) in [7, 11) is -3.23. The van der Waals surface area contributed by atoms with E-state index in [1.54, 1.807) is 4.31 Å². The highest BCUT2D eigenvalue weighted by Crippen LogP contribution is 2.12. The van der Waals surface area contributed by atoms with Gasteiger partial charge in [-0.25, -0.2) is 8.42 Å². The highest BCUT2D eigenvalue weighted by Gasteiger charge is 2.30. The second-order valence-electron chi connectivity index (χ2n) is 4.76. The highest BCUT2D eigenvalue weighted by molar-refractivity contribution is 7.89. The Labute approximate surface area is 114 Å². The molecule has 0 saturated carbocycles. The monoisotopic (exact) mass is 283 g/mol. The van der Waals surface area contributed by atoms with E-state index >= 15 is 0 Å². The van der Waals surface area contributed by atoms with Crippen molar-refractivity contribution in [3.8, 4) is 0 Å². The van der Waals surface area contributed by atoms with Crippen LogP contribution in [0.3, 0.4) is 0 Å². The zero-order valence-corrected chi connectivity index (χ0v) is 11.8. The fourth-order valence-electron chi connectivity index (χ4n) is 2.32. The van der Waals surface area contributed by atoms with Gasteiger partial charge in [-0.1, -0.05) is 30.3 Å². The molecular formula is C13H21N3O2S. The molecule has 106 valence electrons. The number of piperazine rings is 1. The molecule has 5 nitrogen and oxygen atoms in total. The average molecular weight is 283 g/mol. The van der Waals surface area contributed by atoms with E-state index in [-0.39, 0.29) is 11.8 Å². The van der Waals surface area contributed by atoms with Gasteiger partial charge < -0.3 is 11.1 Å². The maximum atomic E-state index is 12.4. The van der Waals surface area contributed by atoms with Gasteiger partial charge in [-0.2, -0.15) is 4.31 Å². The molecule has 19 heavy (non-hydrogen) atoms. The zero-order valence-electron chi connectivity index (χ0n) is 11.0. The minimum atomic E-state index is -3.23. The summed E-state index contributed by atoms with van der Waals surface area (Å²) in [5.74, 6) is 0.146. The molecule has 1 heterocycles. The maximum Gasteiger partial charge on any atom is 0.214 e. The first-order valence-corrected chi connectivity index (χ1v) is 8.18. The van der Waals surface area contributed by atoms with E-state index in [0.717, 1.165) is 5.56 Å². The summed E-state index contributed by atoms with van der Waals surface area (Å²) in [6.45, 7) is 2.21. The van der Waals surface area contributed by atoms with Crippen LogP contribution in [0.2, 0.25) is 0 Å². The summed E-state index contributed by atoms with van der Waals surface area (Å²) in [5, 5.41) is 3.18. The number of nitrogens with zero attached hydrogens (tertiary/aromatic N) is 1. The standard InChI is InChI=1S/C13H21N3O2S/c14-10-13-11-15-7-8-16(13)19(17,18)9-6-12-4-2-1-3-5-12/h1-5,13,15H,6-11,14H2. The van der Waals surface area contributed by atoms with Crippen molar-refractivity contribution in [2.24, 2.45) is 5.73 Å². The van der Waals surface area contributed by atoms with Crippen molar-refractivity contribution in [1.82, 2.24) is 9.62 Å². The van der Waals surface area contributed by atoms with Gasteiger partial charge in [0, 0.05) is 32.2 Å². The topological polar surface area (TPSA) is 75.4 Å². The number of nitrogens with two attached hydrogens (primary N) is 1. The van der Waals surface area contributed by atoms with Crippen molar-refractivity contribution < 1.29 is 8.42 Å². The van der Waals surface area contributed by atoms with Crippen LogP contribution in [-0.4, -0.2) is 50.7 Å². The smallest absolute Gasteiger partial charge is 0.214 e. The number of hydrogen-bond donors (Lipinski definition) is 2. The van der Waals surface area contributed by atoms with Crippen LogP contribution in [-0.2, 0) is 16.4 Å². The largest absolute Gasteiger partial charge is 0.329 e. The quantitative estimate of drug-likeness (QED) is 0.784. The molecule has 0 aliphatic carbocycles. The molecule has 3 N–H and O–H groups in total. The van der Waals surface area contributed by atoms with Crippen LogP contribution in [0.15, 0.2) is 30.3 Å². The summed E-state index contributed by atoms with van der Waals surface area (Å²) in [6.07, 6.45) is 0.546. The average Bonchev–Trinajstić information content (AvgIpc) is 2.46. The lowest BCUT2D eigenvalue weighted by molar-refractivity contribution is 0.272. The SMILES string of the molecule is NCC1CNCCN1S(=O)(=O)CCc1ccccc1. The number of sulfonamides is 1. The van der Waals surface area contributed by atoms with Gasteiger partial charge in [0.05, 0.1) is 5.75 Å². The third kappa shape index (κ3) is 3.76. The lowest BCUT2D eigenvalue weighted by Crippen LogP contribution is -2.56. The minimum absolute atomic E-state index is 0.116. The molecule has 0 bridgehead atoms. The molecule has 0 aromatic heterocycles. The number of aryl methyl sites for hydroxylation is 1. The Morgan fingerprint density at radius 2 is 2.05 bits per heavy atom. The first-order valence-electron chi connectivity index (χ1n) is 6.58. The molecule has 1 fully saturated rings. The fraction of sp³-hybridized carbons (Fsp3) is 0.538. The molecule has 0 radical (unpaired) electrons. The van der Waals surface area contributed by atoms with Crippen LogP contribution >= 0.6 is 0 Å². The second-order valence-corrected chi connectivity index (χ2v) is 6.80. The van der Waals surface area contributed by atoms with E-state index in [4.69, 9.17) is 5.73 Å². The normalized spacial score (nSPS) is 21.4. The number of benzene rings is 1. The van der Waals surface area contributed by atoms with Crippen LogP contribution in [0.5, 0.6) is 0 Å². The third-order valence-electron chi connectivity index (χ3n) is 3.42. The van der Waals surface area contributed by atoms with Gasteiger partial charge in [-0.15, -0.1) is 0 Å². The Morgan fingerprint density at radius 3 is 2.74 bits per heavy atom. The summed E-state index contributed by atoms with van der Waals surface area (Å²) >= 11 is 0. The van der Waals surface area contributed by atoms with Crippen LogP contribution in [0.4, 0.5) is 0 Å². The predicted octanol–water partition coefficient (Wildman–Crippen LogP) is -0.209. The number of rotatable bonds is 5. The fourth-order valence-corrected chi connectivity index (χ4v) is 4.03. The molecule has 1 saturated heterocycles. The Balaban J connectivity index is 2.01. The highest BCUT2D eigenvalue weighted by atomic mass is 32.2. The van der Waals surface area contributed by atoms with Crippen molar-refractivity contribution in [2.75, 3.05) is 31.9 Å². The van der Waals surface area contributed by atoms with Crippen molar-refractivity contribution >= 4 is 10.0 Å². The van der Waals surface area contributed by atoms with Gasteiger partial charge in [-0.05, 0) is 12.0 Å². The molecule has 0 amide bonds. The van der Waals surface area contributed by atoms with E-state index in [1.165, 1.54) is 0 Å². The molecule has 6 heteroatoms. The van der Waals surface area contributed by atoms with E-state index in [9.17, 15) is 8.42 Å². The van der Waals surface area contributed by atoms with Crippen molar-refractivity contribution in [2.45, 2.75) is 12.5 Å². The Bertz CT molecular complexity index is 490. The summed E-state index contributed by atoms with van der Waals surface area (Å²) in [4.78, 5) is 0. The van der Waals surface area contributed by atoms with E-state index in [0.29, 0.717) is 32.6 Å². The van der Waals surface area contributed by atoms with Gasteiger partial charge in [0.15, 0.2) is 0 Å². The molecule has 1 atom stereocenters. The van der Waals surface area contributed by atoms with Crippen LogP contribution < -0.4 is 11.1 Å². The summed E-state index contributed by atoms with van der Waals surface area (Å²) in [6, 6.07) is 9.57. The second kappa shape index (κ2) is 6.47. The number of hydrogen-bond acceptors (Lipinski definition) is 4. The van der Waals surface area contributed by atoms with Gasteiger partial charge >= 0.3 is 0 Å². The molecule has 1 aliphatic rings. The first kappa shape index (κ1) is 14.5. The lowest BCUT2D eigenvalue weighted by atomic mass is 10.2. The maximum absolute atomic E-state index is 12.4. The van der Waals surface area contributed by atoms with E-state index < -0.39 is 10.0 Å². The van der Waals surface area contributed by atoms with Crippen molar-refractivity contribution in [3.05, 3.63) is 35.9 Å². The van der Waals surface area contributed by atoms with Gasteiger partial charge in [0.2, 0.25) is 10.0 Å². The van der Waals surface area contributed by atoms with Crippen molar-refractivity contribution in [3.63, 3.8) is 0 Å². The minimum Gasteiger partial charge on any atom is -0.329 e. The van der Waals surface area contributed by atoms with Gasteiger partial charge in [-0.3, -0.25) is 0 Å². The number of nitrogens with one attached hydrogen (secondary N) is 1. The molecule has 1 aromatic carbocycles. The summed E-state index contributed by atoms with van der Waals surface area (Å²) < 4.78 is 26.3. The van der Waals surface area contributed by atoms with Crippen LogP contribution in [0.25, 0.3) is 0 Å². The lowest BCUT2D eigenvalue weighted by Gasteiger charge is -2.34. The summed E-state index contributed by atoms with van der Waals surface area (Å²) in [5.41, 5.74) is 6.70. The molecule has 1 aliphatic heterocycles. The van der Waals surface area contributed by atoms with Crippen LogP contribution in [0, 0.1) is 0 Å². The van der Waals surface area contributed by atoms with Crippen LogP contribution in [0.1, 0.15) is 5.56 Å². The predicted molar refractivity (Wildman–Crippen MR) is 76.4 cm³/mol.